The van der Waals surface area contributed by atoms with Crippen molar-refractivity contribution in [1.82, 2.24) is 0 Å². The van der Waals surface area contributed by atoms with Crippen molar-refractivity contribution in [2.24, 2.45) is 5.73 Å². The van der Waals surface area contributed by atoms with E-state index in [9.17, 15) is 4.79 Å². The van der Waals surface area contributed by atoms with Crippen LogP contribution in [0.15, 0.2) is 24.3 Å². The second-order valence-corrected chi connectivity index (χ2v) is 3.63. The molecule has 1 aromatic rings. The number of likely N-dealkylation sites (N-methyl/N-ethyl adjacent to an activating group) is 1. The van der Waals surface area contributed by atoms with Crippen molar-refractivity contribution in [2.75, 3.05) is 31.7 Å². The van der Waals surface area contributed by atoms with Crippen molar-refractivity contribution in [1.29, 1.82) is 0 Å². The largest absolute Gasteiger partial charge is 0.370 e. The molecule has 88 valence electrons. The number of hydrogen-bond donors (Lipinski definition) is 1. The minimum atomic E-state index is -0.0703. The molecule has 1 aromatic carbocycles. The summed E-state index contributed by atoms with van der Waals surface area (Å²) in [6.07, 6.45) is 0. The van der Waals surface area contributed by atoms with Gasteiger partial charge < -0.3 is 15.4 Å². The average molecular weight is 222 g/mol. The lowest BCUT2D eigenvalue weighted by atomic mass is 10.2. The number of benzene rings is 1. The van der Waals surface area contributed by atoms with Crippen molar-refractivity contribution in [3.63, 3.8) is 0 Å². The van der Waals surface area contributed by atoms with E-state index in [-0.39, 0.29) is 12.5 Å². The minimum absolute atomic E-state index is 0.0703. The normalized spacial score (nSPS) is 10.2. The molecule has 0 radical (unpaired) electrons. The van der Waals surface area contributed by atoms with E-state index >= 15 is 0 Å². The maximum absolute atomic E-state index is 11.7. The number of amides is 1. The zero-order chi connectivity index (χ0) is 12.0. The highest BCUT2D eigenvalue weighted by Crippen LogP contribution is 2.14. The van der Waals surface area contributed by atoms with Crippen molar-refractivity contribution in [3.8, 4) is 0 Å². The summed E-state index contributed by atoms with van der Waals surface area (Å²) in [6.45, 7) is 2.91. The Balaban J connectivity index is 2.56. The highest BCUT2D eigenvalue weighted by molar-refractivity contribution is 5.93. The van der Waals surface area contributed by atoms with E-state index in [0.29, 0.717) is 13.2 Å². The smallest absolute Gasteiger partial charge is 0.252 e. The van der Waals surface area contributed by atoms with E-state index in [0.717, 1.165) is 11.3 Å². The molecule has 0 heterocycles. The highest BCUT2D eigenvalue weighted by Gasteiger charge is 2.10. The average Bonchev–Trinajstić information content (AvgIpc) is 2.28. The first-order chi connectivity index (χ1) is 7.65. The van der Waals surface area contributed by atoms with Gasteiger partial charge in [-0.2, -0.15) is 0 Å². The summed E-state index contributed by atoms with van der Waals surface area (Å²) in [6, 6.07) is 7.77. The summed E-state index contributed by atoms with van der Waals surface area (Å²) >= 11 is 0. The summed E-state index contributed by atoms with van der Waals surface area (Å²) in [4.78, 5) is 13.3. The maximum atomic E-state index is 11.7. The van der Waals surface area contributed by atoms with Crippen LogP contribution in [-0.2, 0) is 9.53 Å². The summed E-state index contributed by atoms with van der Waals surface area (Å²) in [5.41, 5.74) is 7.27. The lowest BCUT2D eigenvalue weighted by molar-refractivity contribution is -0.122. The minimum Gasteiger partial charge on any atom is -0.370 e. The van der Waals surface area contributed by atoms with Crippen LogP contribution < -0.4 is 10.6 Å². The van der Waals surface area contributed by atoms with Gasteiger partial charge in [0.15, 0.2) is 0 Å². The molecule has 0 saturated heterocycles. The number of carbonyl (C=O) groups excluding carboxylic acids is 1. The van der Waals surface area contributed by atoms with Crippen LogP contribution in [0.4, 0.5) is 5.69 Å². The van der Waals surface area contributed by atoms with E-state index in [1.54, 1.807) is 11.9 Å². The first kappa shape index (κ1) is 12.7. The summed E-state index contributed by atoms with van der Waals surface area (Å²) in [7, 11) is 1.74. The van der Waals surface area contributed by atoms with Gasteiger partial charge in [0, 0.05) is 19.3 Å². The third-order valence-corrected chi connectivity index (χ3v) is 2.25. The van der Waals surface area contributed by atoms with Crippen LogP contribution in [-0.4, -0.2) is 32.7 Å². The van der Waals surface area contributed by atoms with Gasteiger partial charge in [-0.05, 0) is 24.6 Å². The molecule has 4 heteroatoms. The molecule has 4 nitrogen and oxygen atoms in total. The predicted octanol–water partition coefficient (Wildman–Crippen LogP) is 0.933. The summed E-state index contributed by atoms with van der Waals surface area (Å²) in [5, 5.41) is 0. The Morgan fingerprint density at radius 1 is 1.50 bits per heavy atom. The van der Waals surface area contributed by atoms with Crippen molar-refractivity contribution in [2.45, 2.75) is 6.92 Å². The topological polar surface area (TPSA) is 55.6 Å². The fraction of sp³-hybridized carbons (Fsp3) is 0.417. The standard InChI is InChI=1S/C12H18N2O2/c1-10-4-3-5-11(8-10)14(2)12(15)9-16-7-6-13/h3-5,8H,6-7,9,13H2,1-2H3. The zero-order valence-electron chi connectivity index (χ0n) is 9.77. The maximum Gasteiger partial charge on any atom is 0.252 e. The molecule has 1 amide bonds. The van der Waals surface area contributed by atoms with Gasteiger partial charge in [0.2, 0.25) is 0 Å². The summed E-state index contributed by atoms with van der Waals surface area (Å²) in [5.74, 6) is -0.0703. The van der Waals surface area contributed by atoms with Gasteiger partial charge >= 0.3 is 0 Å². The molecule has 1 rings (SSSR count). The number of aryl methyl sites for hydroxylation is 1. The fourth-order valence-corrected chi connectivity index (χ4v) is 1.32. The Morgan fingerprint density at radius 2 is 2.25 bits per heavy atom. The van der Waals surface area contributed by atoms with Crippen molar-refractivity contribution >= 4 is 11.6 Å². The van der Waals surface area contributed by atoms with Gasteiger partial charge in [0.05, 0.1) is 6.61 Å². The molecular weight excluding hydrogens is 204 g/mol. The van der Waals surface area contributed by atoms with E-state index in [2.05, 4.69) is 0 Å². The quantitative estimate of drug-likeness (QED) is 0.754. The van der Waals surface area contributed by atoms with Crippen LogP contribution >= 0.6 is 0 Å². The van der Waals surface area contributed by atoms with E-state index < -0.39 is 0 Å². The number of nitrogens with zero attached hydrogens (tertiary/aromatic N) is 1. The number of anilines is 1. The van der Waals surface area contributed by atoms with Gasteiger partial charge in [-0.25, -0.2) is 0 Å². The van der Waals surface area contributed by atoms with Crippen LogP contribution in [0.3, 0.4) is 0 Å². The Bertz CT molecular complexity index is 353. The van der Waals surface area contributed by atoms with Gasteiger partial charge in [-0.3, -0.25) is 4.79 Å². The van der Waals surface area contributed by atoms with E-state index in [1.165, 1.54) is 0 Å². The number of rotatable bonds is 5. The van der Waals surface area contributed by atoms with Crippen LogP contribution in [0.2, 0.25) is 0 Å². The Hall–Kier alpha value is -1.39. The fourth-order valence-electron chi connectivity index (χ4n) is 1.32. The monoisotopic (exact) mass is 222 g/mol. The third-order valence-electron chi connectivity index (χ3n) is 2.25. The zero-order valence-corrected chi connectivity index (χ0v) is 9.77. The molecule has 0 bridgehead atoms. The molecule has 0 atom stereocenters. The van der Waals surface area contributed by atoms with Crippen LogP contribution in [0, 0.1) is 6.92 Å². The molecule has 2 N–H and O–H groups in total. The molecule has 0 spiro atoms. The lowest BCUT2D eigenvalue weighted by Crippen LogP contribution is -2.30. The Morgan fingerprint density at radius 3 is 2.88 bits per heavy atom. The molecule has 0 aliphatic carbocycles. The molecule has 0 fully saturated rings. The number of carbonyl (C=O) groups is 1. The van der Waals surface area contributed by atoms with Crippen LogP contribution in [0.5, 0.6) is 0 Å². The van der Waals surface area contributed by atoms with Gasteiger partial charge in [-0.1, -0.05) is 12.1 Å². The van der Waals surface area contributed by atoms with Crippen molar-refractivity contribution < 1.29 is 9.53 Å². The van der Waals surface area contributed by atoms with Gasteiger partial charge in [-0.15, -0.1) is 0 Å². The third kappa shape index (κ3) is 3.64. The molecule has 0 unspecified atom stereocenters. The Labute approximate surface area is 96.0 Å². The molecular formula is C12H18N2O2. The first-order valence-corrected chi connectivity index (χ1v) is 5.26. The lowest BCUT2D eigenvalue weighted by Gasteiger charge is -2.17. The number of nitrogens with two attached hydrogens (primary N) is 1. The highest BCUT2D eigenvalue weighted by atomic mass is 16.5. The predicted molar refractivity (Wildman–Crippen MR) is 64.5 cm³/mol. The molecule has 0 aliphatic rings. The molecule has 0 aliphatic heterocycles. The molecule has 0 saturated carbocycles. The second kappa shape index (κ2) is 6.25. The first-order valence-electron chi connectivity index (χ1n) is 5.26. The van der Waals surface area contributed by atoms with E-state index in [1.807, 2.05) is 31.2 Å². The Kier molecular flexibility index (Phi) is 4.95. The second-order valence-electron chi connectivity index (χ2n) is 3.63. The van der Waals surface area contributed by atoms with Crippen molar-refractivity contribution in [3.05, 3.63) is 29.8 Å². The van der Waals surface area contributed by atoms with Crippen LogP contribution in [0.25, 0.3) is 0 Å². The van der Waals surface area contributed by atoms with E-state index in [4.69, 9.17) is 10.5 Å². The SMILES string of the molecule is Cc1cccc(N(C)C(=O)COCCN)c1. The van der Waals surface area contributed by atoms with Gasteiger partial charge in [0.25, 0.3) is 5.91 Å². The molecule has 16 heavy (non-hydrogen) atoms. The van der Waals surface area contributed by atoms with Crippen LogP contribution in [0.1, 0.15) is 5.56 Å². The van der Waals surface area contributed by atoms with Gasteiger partial charge in [0.1, 0.15) is 6.61 Å². The molecule has 0 aromatic heterocycles. The summed E-state index contributed by atoms with van der Waals surface area (Å²) < 4.78 is 5.10. The number of hydrogen-bond acceptors (Lipinski definition) is 3. The number of ether oxygens (including phenoxy) is 1.